The van der Waals surface area contributed by atoms with Crippen molar-refractivity contribution in [1.29, 1.82) is 0 Å². The van der Waals surface area contributed by atoms with Crippen molar-refractivity contribution in [3.05, 3.63) is 12.2 Å². The largest absolute Gasteiger partial charge is 0.481 e. The number of aliphatic imine (C=N–C) groups is 1. The molecule has 292 valence electrons. The summed E-state index contributed by atoms with van der Waals surface area (Å²) >= 11 is 0. The van der Waals surface area contributed by atoms with Crippen molar-refractivity contribution >= 4 is 17.8 Å². The average molecular weight is 703 g/mol. The molecule has 1 N–H and O–H groups in total. The molecule has 0 fully saturated rings. The van der Waals surface area contributed by atoms with E-state index in [9.17, 15) is 9.59 Å². The lowest BCUT2D eigenvalue weighted by molar-refractivity contribution is -0.144. The van der Waals surface area contributed by atoms with Gasteiger partial charge in [-0.1, -0.05) is 160 Å². The molecule has 0 atom stereocenters. The van der Waals surface area contributed by atoms with Gasteiger partial charge in [-0.2, -0.15) is 0 Å². The quantitative estimate of drug-likeness (QED) is 0.0392. The van der Waals surface area contributed by atoms with Gasteiger partial charge in [0.05, 0.1) is 19.0 Å². The third kappa shape index (κ3) is 32.1. The third-order valence-electron chi connectivity index (χ3n) is 10.3. The Bertz CT molecular complexity index is 827. The first kappa shape index (κ1) is 46.2. The minimum atomic E-state index is -0.669. The van der Waals surface area contributed by atoms with Crippen molar-refractivity contribution in [3.63, 3.8) is 0 Å². The minimum absolute atomic E-state index is 0.00208. The number of rotatable bonds is 39. The average Bonchev–Trinajstić information content (AvgIpc) is 3.56. The van der Waals surface area contributed by atoms with E-state index >= 15 is 0 Å². The van der Waals surface area contributed by atoms with Gasteiger partial charge in [0.25, 0.3) is 0 Å². The van der Waals surface area contributed by atoms with E-state index in [2.05, 4.69) is 24.0 Å². The van der Waals surface area contributed by atoms with Crippen LogP contribution in [0.4, 0.5) is 0 Å². The predicted molar refractivity (Wildman–Crippen MR) is 214 cm³/mol. The van der Waals surface area contributed by atoms with Gasteiger partial charge >= 0.3 is 11.9 Å². The molecular formula is C44H82N2O4. The molecule has 0 saturated heterocycles. The minimum Gasteiger partial charge on any atom is -0.481 e. The lowest BCUT2D eigenvalue weighted by Crippen LogP contribution is -2.28. The highest BCUT2D eigenvalue weighted by molar-refractivity contribution is 5.83. The van der Waals surface area contributed by atoms with Gasteiger partial charge in [-0.3, -0.25) is 14.6 Å². The maximum atomic E-state index is 12.0. The van der Waals surface area contributed by atoms with Crippen LogP contribution in [0.2, 0.25) is 0 Å². The molecule has 0 aromatic rings. The molecule has 0 aromatic carbocycles. The van der Waals surface area contributed by atoms with Crippen molar-refractivity contribution in [2.24, 2.45) is 4.99 Å². The number of allylic oxidation sites excluding steroid dienone is 2. The third-order valence-corrected chi connectivity index (χ3v) is 10.3. The zero-order valence-corrected chi connectivity index (χ0v) is 33.1. The molecule has 6 heteroatoms. The fourth-order valence-electron chi connectivity index (χ4n) is 7.04. The van der Waals surface area contributed by atoms with Crippen LogP contribution in [0.3, 0.4) is 0 Å². The Hall–Kier alpha value is -1.85. The van der Waals surface area contributed by atoms with Gasteiger partial charge in [0.2, 0.25) is 0 Å². The van der Waals surface area contributed by atoms with Crippen molar-refractivity contribution in [2.45, 2.75) is 225 Å². The second kappa shape index (κ2) is 36.9. The van der Waals surface area contributed by atoms with E-state index in [1.165, 1.54) is 179 Å². The fourth-order valence-corrected chi connectivity index (χ4v) is 7.04. The fraction of sp³-hybridized carbons (Fsp3) is 0.886. The van der Waals surface area contributed by atoms with Gasteiger partial charge < -0.3 is 14.7 Å². The van der Waals surface area contributed by atoms with Crippen LogP contribution in [-0.2, 0) is 14.3 Å². The molecule has 0 unspecified atom stereocenters. The standard InChI is InChI=1S/C44H82N2O4/c1-2-3-4-5-6-7-8-9-10-11-12-13-19-24-29-34-41-50-44(49)37-32-27-22-15-14-18-23-28-33-39-46-40-38-45-42(46)35-30-25-20-16-17-21-26-31-36-43(47)48/h9-10H,2-8,11-41H2,1H3,(H,47,48). The molecule has 0 aromatic heterocycles. The monoisotopic (exact) mass is 703 g/mol. The second-order valence-electron chi connectivity index (χ2n) is 15.1. The zero-order valence-electron chi connectivity index (χ0n) is 33.1. The molecule has 1 aliphatic rings. The zero-order chi connectivity index (χ0) is 36.0. The molecule has 0 amide bonds. The van der Waals surface area contributed by atoms with Crippen LogP contribution in [0.15, 0.2) is 17.1 Å². The molecule has 1 aliphatic heterocycles. The molecule has 50 heavy (non-hydrogen) atoms. The van der Waals surface area contributed by atoms with Crippen molar-refractivity contribution in [1.82, 2.24) is 4.90 Å². The number of nitrogens with zero attached hydrogens (tertiary/aromatic N) is 2. The summed E-state index contributed by atoms with van der Waals surface area (Å²) in [6.07, 6.45) is 45.6. The number of unbranched alkanes of at least 4 members (excludes halogenated alkanes) is 27. The number of amidine groups is 1. The number of carbonyl (C=O) groups excluding carboxylic acids is 1. The molecule has 6 nitrogen and oxygen atoms in total. The summed E-state index contributed by atoms with van der Waals surface area (Å²) in [7, 11) is 0. The Kier molecular flexibility index (Phi) is 34.1. The number of carbonyl (C=O) groups is 2. The lowest BCUT2D eigenvalue weighted by Gasteiger charge is -2.20. The van der Waals surface area contributed by atoms with Crippen molar-refractivity contribution in [3.8, 4) is 0 Å². The van der Waals surface area contributed by atoms with E-state index < -0.39 is 5.97 Å². The highest BCUT2D eigenvalue weighted by Crippen LogP contribution is 2.16. The Morgan fingerprint density at radius 1 is 0.600 bits per heavy atom. The first-order valence-corrected chi connectivity index (χ1v) is 21.9. The van der Waals surface area contributed by atoms with E-state index in [1.54, 1.807) is 0 Å². The van der Waals surface area contributed by atoms with Crippen molar-refractivity contribution < 1.29 is 19.4 Å². The molecule has 0 aliphatic carbocycles. The van der Waals surface area contributed by atoms with Crippen LogP contribution in [0.5, 0.6) is 0 Å². The summed E-state index contributed by atoms with van der Waals surface area (Å²) in [5, 5.41) is 8.70. The molecule has 0 radical (unpaired) electrons. The van der Waals surface area contributed by atoms with E-state index in [0.717, 1.165) is 51.6 Å². The SMILES string of the molecule is CCCCCCCCC=CCCCCCCCCOC(=O)CCCCCCCCCCCN1CCN=C1CCCCCCCCCCC(=O)O. The Balaban J connectivity index is 1.78. The van der Waals surface area contributed by atoms with E-state index in [4.69, 9.17) is 14.8 Å². The number of aliphatic carboxylic acids is 1. The van der Waals surface area contributed by atoms with Crippen LogP contribution in [0, 0.1) is 0 Å². The Morgan fingerprint density at radius 3 is 1.62 bits per heavy atom. The lowest BCUT2D eigenvalue weighted by atomic mass is 10.1. The number of hydrogen-bond acceptors (Lipinski definition) is 5. The van der Waals surface area contributed by atoms with Crippen LogP contribution >= 0.6 is 0 Å². The smallest absolute Gasteiger partial charge is 0.305 e. The highest BCUT2D eigenvalue weighted by atomic mass is 16.5. The number of carboxylic acids is 1. The number of ether oxygens (including phenoxy) is 1. The second-order valence-corrected chi connectivity index (χ2v) is 15.1. The van der Waals surface area contributed by atoms with E-state index in [0.29, 0.717) is 19.4 Å². The summed E-state index contributed by atoms with van der Waals surface area (Å²) in [6.45, 7) is 6.13. The normalized spacial score (nSPS) is 13.1. The maximum Gasteiger partial charge on any atom is 0.305 e. The predicted octanol–water partition coefficient (Wildman–Crippen LogP) is 13.2. The number of esters is 1. The summed E-state index contributed by atoms with van der Waals surface area (Å²) in [5.41, 5.74) is 0. The van der Waals surface area contributed by atoms with Crippen LogP contribution in [0.25, 0.3) is 0 Å². The summed E-state index contributed by atoms with van der Waals surface area (Å²) in [6, 6.07) is 0. The number of hydrogen-bond donors (Lipinski definition) is 1. The van der Waals surface area contributed by atoms with Crippen LogP contribution < -0.4 is 0 Å². The van der Waals surface area contributed by atoms with Gasteiger partial charge in [0.15, 0.2) is 0 Å². The molecule has 1 heterocycles. The van der Waals surface area contributed by atoms with Gasteiger partial charge in [-0.25, -0.2) is 0 Å². The molecule has 0 bridgehead atoms. The van der Waals surface area contributed by atoms with Crippen molar-refractivity contribution in [2.75, 3.05) is 26.2 Å². The Labute approximate surface area is 310 Å². The summed E-state index contributed by atoms with van der Waals surface area (Å²) in [4.78, 5) is 29.9. The molecular weight excluding hydrogens is 620 g/mol. The molecule has 0 spiro atoms. The topological polar surface area (TPSA) is 79.2 Å². The summed E-state index contributed by atoms with van der Waals surface area (Å²) in [5.74, 6) is 0.681. The van der Waals surface area contributed by atoms with Gasteiger partial charge in [0.1, 0.15) is 0 Å². The van der Waals surface area contributed by atoms with Gasteiger partial charge in [0, 0.05) is 32.4 Å². The maximum absolute atomic E-state index is 12.0. The first-order valence-electron chi connectivity index (χ1n) is 21.9. The first-order chi connectivity index (χ1) is 24.6. The van der Waals surface area contributed by atoms with Crippen LogP contribution in [-0.4, -0.2) is 54.0 Å². The van der Waals surface area contributed by atoms with E-state index in [1.807, 2.05) is 0 Å². The van der Waals surface area contributed by atoms with Crippen LogP contribution in [0.1, 0.15) is 225 Å². The van der Waals surface area contributed by atoms with Gasteiger partial charge in [-0.15, -0.1) is 0 Å². The highest BCUT2D eigenvalue weighted by Gasteiger charge is 2.15. The number of carboxylic acid groups (broad SMARTS) is 1. The van der Waals surface area contributed by atoms with E-state index in [-0.39, 0.29) is 5.97 Å². The Morgan fingerprint density at radius 2 is 1.06 bits per heavy atom. The molecule has 1 rings (SSSR count). The summed E-state index contributed by atoms with van der Waals surface area (Å²) < 4.78 is 5.47. The molecule has 0 saturated carbocycles. The van der Waals surface area contributed by atoms with Gasteiger partial charge in [-0.05, 0) is 57.8 Å².